The largest absolute Gasteiger partial charge is 0.495 e. The van der Waals surface area contributed by atoms with Crippen molar-refractivity contribution < 1.29 is 13.2 Å². The highest BCUT2D eigenvalue weighted by Crippen LogP contribution is 2.27. The zero-order valence-corrected chi connectivity index (χ0v) is 15.5. The van der Waals surface area contributed by atoms with E-state index >= 15 is 0 Å². The lowest BCUT2D eigenvalue weighted by Crippen LogP contribution is -2.28. The summed E-state index contributed by atoms with van der Waals surface area (Å²) in [6.45, 7) is 2.39. The number of benzene rings is 2. The van der Waals surface area contributed by atoms with Gasteiger partial charge in [-0.1, -0.05) is 53.2 Å². The van der Waals surface area contributed by atoms with Crippen molar-refractivity contribution in [2.75, 3.05) is 13.7 Å². The molecule has 0 saturated carbocycles. The van der Waals surface area contributed by atoms with E-state index in [1.807, 2.05) is 37.3 Å². The first-order valence-electron chi connectivity index (χ1n) is 7.36. The first-order valence-corrected chi connectivity index (χ1v) is 9.63. The molecular formula is C17H20BrNO3S. The van der Waals surface area contributed by atoms with E-state index in [2.05, 4.69) is 20.7 Å². The lowest BCUT2D eigenvalue weighted by atomic mass is 9.97. The molecule has 6 heteroatoms. The van der Waals surface area contributed by atoms with Gasteiger partial charge in [-0.3, -0.25) is 0 Å². The van der Waals surface area contributed by atoms with Crippen molar-refractivity contribution in [1.29, 1.82) is 0 Å². The molecule has 0 amide bonds. The van der Waals surface area contributed by atoms with Gasteiger partial charge in [0.25, 0.3) is 0 Å². The summed E-state index contributed by atoms with van der Waals surface area (Å²) in [5.74, 6) is 0.456. The molecule has 0 bridgehead atoms. The Morgan fingerprint density at radius 1 is 1.17 bits per heavy atom. The fourth-order valence-corrected chi connectivity index (χ4v) is 4.16. The van der Waals surface area contributed by atoms with Crippen molar-refractivity contribution in [3.05, 3.63) is 58.6 Å². The molecule has 2 rings (SSSR count). The van der Waals surface area contributed by atoms with E-state index in [0.717, 1.165) is 12.0 Å². The van der Waals surface area contributed by atoms with E-state index in [0.29, 0.717) is 16.8 Å². The number of methoxy groups -OCH3 is 1. The standard InChI is InChI=1S/C17H20BrNO3S/c1-3-13(14-7-5-4-6-8-14)12-19-23(20,21)17-11-15(18)9-10-16(17)22-2/h4-11,13,19H,3,12H2,1-2H3. The lowest BCUT2D eigenvalue weighted by molar-refractivity contribution is 0.402. The predicted molar refractivity (Wildman–Crippen MR) is 95.4 cm³/mol. The Labute approximate surface area is 146 Å². The van der Waals surface area contributed by atoms with Crippen molar-refractivity contribution in [1.82, 2.24) is 4.72 Å². The van der Waals surface area contributed by atoms with Crippen LogP contribution in [-0.4, -0.2) is 22.1 Å². The zero-order chi connectivity index (χ0) is 16.9. The van der Waals surface area contributed by atoms with Gasteiger partial charge in [-0.25, -0.2) is 13.1 Å². The maximum atomic E-state index is 12.6. The molecule has 0 heterocycles. The van der Waals surface area contributed by atoms with Gasteiger partial charge in [0, 0.05) is 11.0 Å². The second kappa shape index (κ2) is 7.95. The number of halogens is 1. The van der Waals surface area contributed by atoms with Crippen LogP contribution >= 0.6 is 15.9 Å². The molecule has 0 fully saturated rings. The van der Waals surface area contributed by atoms with Crippen LogP contribution in [0, 0.1) is 0 Å². The first-order chi connectivity index (χ1) is 11.0. The SMILES string of the molecule is CCC(CNS(=O)(=O)c1cc(Br)ccc1OC)c1ccccc1. The summed E-state index contributed by atoms with van der Waals surface area (Å²) >= 11 is 3.30. The van der Waals surface area contributed by atoms with Crippen LogP contribution in [0.25, 0.3) is 0 Å². The summed E-state index contributed by atoms with van der Waals surface area (Å²) in [4.78, 5) is 0.136. The number of ether oxygens (including phenoxy) is 1. The third kappa shape index (κ3) is 4.56. The van der Waals surface area contributed by atoms with E-state index < -0.39 is 10.0 Å². The van der Waals surface area contributed by atoms with Crippen molar-refractivity contribution in [3.63, 3.8) is 0 Å². The molecule has 1 unspecified atom stereocenters. The van der Waals surface area contributed by atoms with Crippen LogP contribution in [0.1, 0.15) is 24.8 Å². The maximum Gasteiger partial charge on any atom is 0.244 e. The Balaban J connectivity index is 2.20. The third-order valence-corrected chi connectivity index (χ3v) is 5.64. The van der Waals surface area contributed by atoms with Crippen LogP contribution in [0.5, 0.6) is 5.75 Å². The number of sulfonamides is 1. The van der Waals surface area contributed by atoms with Gasteiger partial charge in [-0.2, -0.15) is 0 Å². The van der Waals surface area contributed by atoms with Crippen molar-refractivity contribution >= 4 is 26.0 Å². The van der Waals surface area contributed by atoms with Gasteiger partial charge in [-0.15, -0.1) is 0 Å². The summed E-state index contributed by atoms with van der Waals surface area (Å²) in [6.07, 6.45) is 0.849. The Hall–Kier alpha value is -1.37. The number of hydrogen-bond acceptors (Lipinski definition) is 3. The minimum atomic E-state index is -3.64. The fraction of sp³-hybridized carbons (Fsp3) is 0.294. The van der Waals surface area contributed by atoms with Gasteiger partial charge < -0.3 is 4.74 Å². The third-order valence-electron chi connectivity index (χ3n) is 3.70. The molecule has 1 atom stereocenters. The Kier molecular flexibility index (Phi) is 6.21. The second-order valence-electron chi connectivity index (χ2n) is 5.16. The van der Waals surface area contributed by atoms with Crippen LogP contribution < -0.4 is 9.46 Å². The molecule has 2 aromatic carbocycles. The minimum absolute atomic E-state index is 0.129. The molecule has 0 saturated heterocycles. The lowest BCUT2D eigenvalue weighted by Gasteiger charge is -2.17. The fourth-order valence-electron chi connectivity index (χ4n) is 2.37. The number of hydrogen-bond donors (Lipinski definition) is 1. The maximum absolute atomic E-state index is 12.6. The highest BCUT2D eigenvalue weighted by atomic mass is 79.9. The van der Waals surface area contributed by atoms with Crippen molar-refractivity contribution in [2.45, 2.75) is 24.2 Å². The molecule has 4 nitrogen and oxygen atoms in total. The monoisotopic (exact) mass is 397 g/mol. The van der Waals surface area contributed by atoms with E-state index in [9.17, 15) is 8.42 Å². The van der Waals surface area contributed by atoms with Gasteiger partial charge >= 0.3 is 0 Å². The normalized spacial score (nSPS) is 12.8. The molecule has 23 heavy (non-hydrogen) atoms. The zero-order valence-electron chi connectivity index (χ0n) is 13.1. The second-order valence-corrected chi connectivity index (χ2v) is 7.81. The number of nitrogens with one attached hydrogen (secondary N) is 1. The van der Waals surface area contributed by atoms with Gasteiger partial charge in [-0.05, 0) is 36.1 Å². The van der Waals surface area contributed by atoms with E-state index in [1.54, 1.807) is 18.2 Å². The van der Waals surface area contributed by atoms with E-state index in [4.69, 9.17) is 4.74 Å². The minimum Gasteiger partial charge on any atom is -0.495 e. The van der Waals surface area contributed by atoms with Crippen LogP contribution in [0.4, 0.5) is 0 Å². The van der Waals surface area contributed by atoms with Crippen LogP contribution in [0.15, 0.2) is 57.9 Å². The van der Waals surface area contributed by atoms with Crippen LogP contribution in [0.3, 0.4) is 0 Å². The highest BCUT2D eigenvalue weighted by molar-refractivity contribution is 9.10. The first kappa shape index (κ1) is 18.0. The van der Waals surface area contributed by atoms with E-state index in [1.165, 1.54) is 7.11 Å². The molecule has 0 radical (unpaired) electrons. The Morgan fingerprint density at radius 2 is 1.87 bits per heavy atom. The van der Waals surface area contributed by atoms with Crippen molar-refractivity contribution in [2.24, 2.45) is 0 Å². The number of rotatable bonds is 7. The summed E-state index contributed by atoms with van der Waals surface area (Å²) in [5, 5.41) is 0. The predicted octanol–water partition coefficient (Wildman–Crippen LogP) is 3.93. The summed E-state index contributed by atoms with van der Waals surface area (Å²) < 4.78 is 33.8. The van der Waals surface area contributed by atoms with Gasteiger partial charge in [0.15, 0.2) is 0 Å². The quantitative estimate of drug-likeness (QED) is 0.769. The molecule has 1 N–H and O–H groups in total. The molecule has 2 aromatic rings. The molecule has 0 aliphatic carbocycles. The molecular weight excluding hydrogens is 378 g/mol. The highest BCUT2D eigenvalue weighted by Gasteiger charge is 2.21. The van der Waals surface area contributed by atoms with Gasteiger partial charge in [0.05, 0.1) is 7.11 Å². The molecule has 124 valence electrons. The van der Waals surface area contributed by atoms with Crippen LogP contribution in [-0.2, 0) is 10.0 Å². The topological polar surface area (TPSA) is 55.4 Å². The van der Waals surface area contributed by atoms with Crippen LogP contribution in [0.2, 0.25) is 0 Å². The van der Waals surface area contributed by atoms with Gasteiger partial charge in [0.2, 0.25) is 10.0 Å². The molecule has 0 spiro atoms. The summed E-state index contributed by atoms with van der Waals surface area (Å²) in [7, 11) is -2.18. The van der Waals surface area contributed by atoms with Gasteiger partial charge in [0.1, 0.15) is 10.6 Å². The van der Waals surface area contributed by atoms with E-state index in [-0.39, 0.29) is 10.8 Å². The average molecular weight is 398 g/mol. The molecule has 0 aliphatic rings. The molecule has 0 aromatic heterocycles. The summed E-state index contributed by atoms with van der Waals surface area (Å²) in [5.41, 5.74) is 1.12. The molecule has 0 aliphatic heterocycles. The smallest absolute Gasteiger partial charge is 0.244 e. The summed E-state index contributed by atoms with van der Waals surface area (Å²) in [6, 6.07) is 14.8. The van der Waals surface area contributed by atoms with Crippen molar-refractivity contribution in [3.8, 4) is 5.75 Å². The Morgan fingerprint density at radius 3 is 2.48 bits per heavy atom. The Bertz CT molecular complexity index is 748. The average Bonchev–Trinajstić information content (AvgIpc) is 2.56.